The van der Waals surface area contributed by atoms with Gasteiger partial charge in [0.2, 0.25) is 0 Å². The normalized spacial score (nSPS) is 13.0. The monoisotopic (exact) mass is 471 g/mol. The van der Waals surface area contributed by atoms with Crippen LogP contribution in [0.15, 0.2) is 79.4 Å². The largest absolute Gasteiger partial charge is 0.497 e. The van der Waals surface area contributed by atoms with Gasteiger partial charge < -0.3 is 9.30 Å². The van der Waals surface area contributed by atoms with Crippen LogP contribution in [0, 0.1) is 0 Å². The van der Waals surface area contributed by atoms with Gasteiger partial charge in [0.25, 0.3) is 0 Å². The third-order valence-electron chi connectivity index (χ3n) is 5.35. The molecule has 0 aliphatic rings. The Morgan fingerprint density at radius 1 is 0.806 bits per heavy atom. The zero-order chi connectivity index (χ0) is 21.8. The van der Waals surface area contributed by atoms with Crippen molar-refractivity contribution < 1.29 is 4.74 Å². The van der Waals surface area contributed by atoms with Gasteiger partial charge in [0.05, 0.1) is 13.2 Å². The molecule has 0 fully saturated rings. The first-order chi connectivity index (χ1) is 15.0. The minimum Gasteiger partial charge on any atom is -0.497 e. The molecule has 2 atom stereocenters. The summed E-state index contributed by atoms with van der Waals surface area (Å²) in [7, 11) is 1.66. The molecule has 4 rings (SSSR count). The molecule has 0 N–H and O–H groups in total. The highest BCUT2D eigenvalue weighted by molar-refractivity contribution is 6.35. The van der Waals surface area contributed by atoms with Crippen molar-refractivity contribution in [3.05, 3.63) is 111 Å². The van der Waals surface area contributed by atoms with Gasteiger partial charge in [-0.3, -0.25) is 0 Å². The van der Waals surface area contributed by atoms with E-state index in [9.17, 15) is 0 Å². The van der Waals surface area contributed by atoms with Crippen LogP contribution >= 0.6 is 34.8 Å². The summed E-state index contributed by atoms with van der Waals surface area (Å²) < 4.78 is 7.36. The van der Waals surface area contributed by atoms with E-state index < -0.39 is 0 Å². The summed E-state index contributed by atoms with van der Waals surface area (Å²) in [5, 5.41) is 10.1. The molecule has 0 radical (unpaired) electrons. The van der Waals surface area contributed by atoms with E-state index in [0.717, 1.165) is 22.4 Å². The second-order valence-electron chi connectivity index (χ2n) is 7.22. The molecule has 0 saturated carbocycles. The van der Waals surface area contributed by atoms with Gasteiger partial charge in [-0.2, -0.15) is 0 Å². The summed E-state index contributed by atoms with van der Waals surface area (Å²) in [6.45, 7) is 0. The number of aromatic nitrogens is 3. The minimum absolute atomic E-state index is 0.0281. The summed E-state index contributed by atoms with van der Waals surface area (Å²) in [5.74, 6) is 0.829. The van der Waals surface area contributed by atoms with Gasteiger partial charge >= 0.3 is 0 Å². The molecule has 0 saturated heterocycles. The smallest absolute Gasteiger partial charge is 0.119 e. The van der Waals surface area contributed by atoms with E-state index in [2.05, 4.69) is 34.5 Å². The first-order valence-electron chi connectivity index (χ1n) is 9.72. The number of hydrogen-bond acceptors (Lipinski definition) is 3. The lowest BCUT2D eigenvalue weighted by Crippen LogP contribution is -2.21. The van der Waals surface area contributed by atoms with Crippen molar-refractivity contribution >= 4 is 34.8 Å². The third-order valence-corrected chi connectivity index (χ3v) is 6.19. The number of rotatable bonds is 7. The fourth-order valence-corrected chi connectivity index (χ4v) is 4.42. The van der Waals surface area contributed by atoms with Crippen molar-refractivity contribution in [1.82, 2.24) is 14.8 Å². The van der Waals surface area contributed by atoms with Gasteiger partial charge in [-0.1, -0.05) is 65.1 Å². The van der Waals surface area contributed by atoms with E-state index in [1.165, 1.54) is 0 Å². The van der Waals surface area contributed by atoms with Crippen LogP contribution in [-0.2, 0) is 6.42 Å². The maximum atomic E-state index is 6.55. The van der Waals surface area contributed by atoms with Crippen LogP contribution in [0.4, 0.5) is 0 Å². The summed E-state index contributed by atoms with van der Waals surface area (Å²) >= 11 is 18.8. The number of benzene rings is 3. The van der Waals surface area contributed by atoms with Crippen molar-refractivity contribution in [2.45, 2.75) is 18.4 Å². The van der Waals surface area contributed by atoms with Crippen LogP contribution < -0.4 is 4.74 Å². The molecule has 0 aliphatic carbocycles. The van der Waals surface area contributed by atoms with Gasteiger partial charge in [-0.25, -0.2) is 0 Å². The molecule has 0 amide bonds. The molecule has 0 spiro atoms. The van der Waals surface area contributed by atoms with E-state index in [1.807, 2.05) is 41.0 Å². The Kier molecular flexibility index (Phi) is 6.81. The molecule has 0 aliphatic heterocycles. The van der Waals surface area contributed by atoms with Crippen LogP contribution in [0.2, 0.25) is 15.1 Å². The molecular weight excluding hydrogens is 453 g/mol. The molecular formula is C24H20Cl3N3O. The topological polar surface area (TPSA) is 39.9 Å². The highest BCUT2D eigenvalue weighted by atomic mass is 35.5. The van der Waals surface area contributed by atoms with Crippen molar-refractivity contribution in [2.24, 2.45) is 0 Å². The predicted molar refractivity (Wildman–Crippen MR) is 126 cm³/mol. The summed E-state index contributed by atoms with van der Waals surface area (Å²) in [6, 6.07) is 21.5. The van der Waals surface area contributed by atoms with Gasteiger partial charge in [0, 0.05) is 21.0 Å². The van der Waals surface area contributed by atoms with Crippen molar-refractivity contribution in [1.29, 1.82) is 0 Å². The van der Waals surface area contributed by atoms with Crippen LogP contribution in [0.1, 0.15) is 28.7 Å². The highest BCUT2D eigenvalue weighted by Gasteiger charge is 2.28. The minimum atomic E-state index is -0.0752. The average Bonchev–Trinajstić information content (AvgIpc) is 3.30. The van der Waals surface area contributed by atoms with E-state index in [-0.39, 0.29) is 12.0 Å². The molecule has 1 heterocycles. The van der Waals surface area contributed by atoms with Gasteiger partial charge in [0.15, 0.2) is 0 Å². The molecule has 3 aromatic carbocycles. The van der Waals surface area contributed by atoms with Crippen molar-refractivity contribution in [3.8, 4) is 5.75 Å². The second kappa shape index (κ2) is 9.73. The Morgan fingerprint density at radius 3 is 2.03 bits per heavy atom. The number of ether oxygens (including phenoxy) is 1. The molecule has 158 valence electrons. The predicted octanol–water partition coefficient (Wildman–Crippen LogP) is 6.86. The highest BCUT2D eigenvalue weighted by Crippen LogP contribution is 2.39. The second-order valence-corrected chi connectivity index (χ2v) is 8.51. The number of halogens is 3. The SMILES string of the molecule is COc1ccc(C(C(Cc2ccc(Cl)cc2Cl)c2ccc(Cl)cc2)n2cnnc2)cc1. The number of hydrogen-bond donors (Lipinski definition) is 0. The lowest BCUT2D eigenvalue weighted by molar-refractivity contribution is 0.413. The Labute approximate surface area is 196 Å². The first kappa shape index (κ1) is 21.7. The molecule has 31 heavy (non-hydrogen) atoms. The van der Waals surface area contributed by atoms with Crippen LogP contribution in [0.25, 0.3) is 0 Å². The van der Waals surface area contributed by atoms with E-state index in [4.69, 9.17) is 39.5 Å². The van der Waals surface area contributed by atoms with Crippen LogP contribution in [0.3, 0.4) is 0 Å². The summed E-state index contributed by atoms with van der Waals surface area (Å²) in [5.41, 5.74) is 3.24. The average molecular weight is 473 g/mol. The van der Waals surface area contributed by atoms with Gasteiger partial charge in [0.1, 0.15) is 18.4 Å². The Bertz CT molecular complexity index is 1130. The fourth-order valence-electron chi connectivity index (χ4n) is 3.81. The molecule has 0 bridgehead atoms. The first-order valence-corrected chi connectivity index (χ1v) is 10.9. The Morgan fingerprint density at radius 2 is 1.42 bits per heavy atom. The summed E-state index contributed by atoms with van der Waals surface area (Å²) in [6.07, 6.45) is 4.16. The van der Waals surface area contributed by atoms with E-state index in [0.29, 0.717) is 21.5 Å². The molecule has 4 aromatic rings. The van der Waals surface area contributed by atoms with Crippen LogP contribution in [0.5, 0.6) is 5.75 Å². The molecule has 2 unspecified atom stereocenters. The number of methoxy groups -OCH3 is 1. The van der Waals surface area contributed by atoms with Crippen molar-refractivity contribution in [2.75, 3.05) is 7.11 Å². The maximum Gasteiger partial charge on any atom is 0.119 e. The quantitative estimate of drug-likeness (QED) is 0.295. The Balaban J connectivity index is 1.83. The van der Waals surface area contributed by atoms with Gasteiger partial charge in [-0.05, 0) is 59.5 Å². The maximum absolute atomic E-state index is 6.55. The number of nitrogens with zero attached hydrogens (tertiary/aromatic N) is 3. The van der Waals surface area contributed by atoms with Gasteiger partial charge in [-0.15, -0.1) is 10.2 Å². The molecule has 7 heteroatoms. The fraction of sp³-hybridized carbons (Fsp3) is 0.167. The van der Waals surface area contributed by atoms with Crippen molar-refractivity contribution in [3.63, 3.8) is 0 Å². The lowest BCUT2D eigenvalue weighted by Gasteiger charge is -2.29. The zero-order valence-corrected chi connectivity index (χ0v) is 19.0. The Hall–Kier alpha value is -2.53. The molecule has 1 aromatic heterocycles. The van der Waals surface area contributed by atoms with E-state index in [1.54, 1.807) is 25.8 Å². The standard InChI is InChI=1S/C24H20Cl3N3O/c1-31-21-10-5-17(6-11-21)24(30-14-28-29-15-30)22(16-2-7-19(25)8-3-16)12-18-4-9-20(26)13-23(18)27/h2-11,13-15,22,24H,12H2,1H3. The summed E-state index contributed by atoms with van der Waals surface area (Å²) in [4.78, 5) is 0. The zero-order valence-electron chi connectivity index (χ0n) is 16.8. The lowest BCUT2D eigenvalue weighted by atomic mass is 9.82. The van der Waals surface area contributed by atoms with E-state index >= 15 is 0 Å². The van der Waals surface area contributed by atoms with Crippen LogP contribution in [-0.4, -0.2) is 21.9 Å². The third kappa shape index (κ3) is 5.04. The molecule has 4 nitrogen and oxygen atoms in total.